The van der Waals surface area contributed by atoms with Crippen LogP contribution in [-0.4, -0.2) is 14.3 Å². The molecule has 5 unspecified atom stereocenters. The summed E-state index contributed by atoms with van der Waals surface area (Å²) in [6, 6.07) is 9.32. The fourth-order valence-corrected chi connectivity index (χ4v) is 11.9. The summed E-state index contributed by atoms with van der Waals surface area (Å²) in [6.45, 7) is 17.0. The number of thiophene rings is 1. The van der Waals surface area contributed by atoms with Gasteiger partial charge in [0.2, 0.25) is 0 Å². The Balaban J connectivity index is 2.09. The number of rotatable bonds is 4. The highest BCUT2D eigenvalue weighted by Crippen LogP contribution is 2.59. The van der Waals surface area contributed by atoms with Gasteiger partial charge in [-0.1, -0.05) is 71.8 Å². The van der Waals surface area contributed by atoms with Gasteiger partial charge < -0.3 is 4.98 Å². The summed E-state index contributed by atoms with van der Waals surface area (Å²) in [5.74, 6) is 5.59. The first-order valence-electron chi connectivity index (χ1n) is 9.94. The van der Waals surface area contributed by atoms with Crippen LogP contribution in [0.5, 0.6) is 0 Å². The highest BCUT2D eigenvalue weighted by atomic mass is 32.1. The van der Waals surface area contributed by atoms with Crippen LogP contribution in [0.4, 0.5) is 0 Å². The monoisotopic (exact) mass is 383 g/mol. The molecule has 1 aromatic heterocycles. The largest absolute Gasteiger partial charge is 0.335 e. The quantitative estimate of drug-likeness (QED) is 0.472. The van der Waals surface area contributed by atoms with Crippen molar-refractivity contribution in [3.63, 3.8) is 0 Å². The number of fused-ring (bicyclic) bond motifs is 1. The highest BCUT2D eigenvalue weighted by Gasteiger charge is 2.52. The molecule has 0 spiro atoms. The van der Waals surface area contributed by atoms with Gasteiger partial charge >= 0.3 is 0 Å². The Morgan fingerprint density at radius 2 is 1.73 bits per heavy atom. The Labute approximate surface area is 164 Å². The maximum Gasteiger partial charge on any atom is 0.123 e. The Hall–Kier alpha value is -1.08. The Bertz CT molecular complexity index is 828. The van der Waals surface area contributed by atoms with E-state index in [1.165, 1.54) is 15.6 Å². The topological polar surface area (TPSA) is 12.0 Å². The zero-order chi connectivity index (χ0) is 19.2. The van der Waals surface area contributed by atoms with Crippen molar-refractivity contribution in [2.45, 2.75) is 65.2 Å². The molecule has 0 amide bonds. The van der Waals surface area contributed by atoms with Gasteiger partial charge in [0.05, 0.1) is 4.88 Å². The van der Waals surface area contributed by atoms with Crippen molar-refractivity contribution in [3.05, 3.63) is 34.7 Å². The minimum absolute atomic E-state index is 0.550. The van der Waals surface area contributed by atoms with Crippen LogP contribution >= 0.6 is 11.3 Å². The van der Waals surface area contributed by atoms with Crippen molar-refractivity contribution in [1.82, 2.24) is 4.98 Å². The van der Waals surface area contributed by atoms with Crippen LogP contribution in [0.1, 0.15) is 51.0 Å². The van der Waals surface area contributed by atoms with Crippen LogP contribution in [-0.2, 0) is 0 Å². The fourth-order valence-electron chi connectivity index (χ4n) is 6.02. The summed E-state index contributed by atoms with van der Waals surface area (Å²) in [5.41, 5.74) is 2.21. The summed E-state index contributed by atoms with van der Waals surface area (Å²) < 4.78 is 1.34. The van der Waals surface area contributed by atoms with Crippen LogP contribution in [0.25, 0.3) is 10.1 Å². The summed E-state index contributed by atoms with van der Waals surface area (Å²) >= 11 is 1.80. The molecule has 0 aliphatic heterocycles. The first-order chi connectivity index (χ1) is 12.2. The molecule has 1 N–H and O–H groups in total. The first-order valence-corrected chi connectivity index (χ1v) is 13.8. The second-order valence-corrected chi connectivity index (χ2v) is 14.6. The molecule has 1 aromatic carbocycles. The van der Waals surface area contributed by atoms with Gasteiger partial charge in [0.1, 0.15) is 8.24 Å². The molecule has 1 nitrogen and oxygen atoms in total. The van der Waals surface area contributed by atoms with Gasteiger partial charge in [-0.15, -0.1) is 17.8 Å². The molecule has 3 rings (SSSR count). The lowest BCUT2D eigenvalue weighted by molar-refractivity contribution is 0.414. The summed E-state index contributed by atoms with van der Waals surface area (Å²) in [4.78, 5) is 5.13. The minimum Gasteiger partial charge on any atom is -0.335 e. The molecule has 1 saturated carbocycles. The molecule has 1 heterocycles. The van der Waals surface area contributed by atoms with E-state index in [1.54, 1.807) is 11.3 Å². The normalized spacial score (nSPS) is 29.4. The van der Waals surface area contributed by atoms with Gasteiger partial charge in [0, 0.05) is 4.70 Å². The number of nitrogens with one attached hydrogen (secondary N) is 1. The SMILES string of the molecule is C#Cc1sc2ccccc2c1C1C(C)C(C)C([Si](C)(C)NC(C)C)C1C. The van der Waals surface area contributed by atoms with E-state index in [0.29, 0.717) is 29.7 Å². The van der Waals surface area contributed by atoms with Crippen molar-refractivity contribution in [2.24, 2.45) is 17.8 Å². The average Bonchev–Trinajstić information content (AvgIpc) is 3.02. The molecule has 0 saturated heterocycles. The van der Waals surface area contributed by atoms with E-state index >= 15 is 0 Å². The van der Waals surface area contributed by atoms with E-state index in [9.17, 15) is 0 Å². The molecule has 2 aromatic rings. The number of hydrogen-bond donors (Lipinski definition) is 1. The lowest BCUT2D eigenvalue weighted by Crippen LogP contribution is -2.54. The molecule has 1 fully saturated rings. The van der Waals surface area contributed by atoms with E-state index < -0.39 is 8.24 Å². The first kappa shape index (κ1) is 19.7. The summed E-state index contributed by atoms with van der Waals surface area (Å²) in [7, 11) is -1.55. The van der Waals surface area contributed by atoms with Crippen molar-refractivity contribution in [3.8, 4) is 12.3 Å². The third-order valence-electron chi connectivity index (χ3n) is 6.69. The standard InChI is InChI=1S/C23H33NSSi/c1-9-19-22(18-12-10-11-13-20(18)25-19)21-15(4)16(5)23(17(21)6)26(7,8)24-14(2)3/h1,10-17,21,23-24H,2-8H3. The fraction of sp³-hybridized carbons (Fsp3) is 0.565. The van der Waals surface area contributed by atoms with Crippen LogP contribution in [0, 0.1) is 30.1 Å². The molecule has 26 heavy (non-hydrogen) atoms. The van der Waals surface area contributed by atoms with Gasteiger partial charge in [-0.05, 0) is 52.3 Å². The average molecular weight is 384 g/mol. The predicted molar refractivity (Wildman–Crippen MR) is 119 cm³/mol. The Kier molecular flexibility index (Phi) is 5.41. The third kappa shape index (κ3) is 3.17. The summed E-state index contributed by atoms with van der Waals surface area (Å²) in [6.07, 6.45) is 5.95. The van der Waals surface area contributed by atoms with Crippen LogP contribution in [0.3, 0.4) is 0 Å². The third-order valence-corrected chi connectivity index (χ3v) is 11.8. The zero-order valence-electron chi connectivity index (χ0n) is 17.3. The van der Waals surface area contributed by atoms with E-state index in [-0.39, 0.29) is 0 Å². The van der Waals surface area contributed by atoms with Crippen LogP contribution < -0.4 is 4.98 Å². The molecular formula is C23H33NSSi. The van der Waals surface area contributed by atoms with Crippen molar-refractivity contribution >= 4 is 29.7 Å². The van der Waals surface area contributed by atoms with Crippen LogP contribution in [0.15, 0.2) is 24.3 Å². The van der Waals surface area contributed by atoms with E-state index in [1.807, 2.05) is 0 Å². The maximum absolute atomic E-state index is 5.95. The van der Waals surface area contributed by atoms with Gasteiger partial charge in [0.15, 0.2) is 0 Å². The second-order valence-electron chi connectivity index (χ2n) is 9.14. The highest BCUT2D eigenvalue weighted by molar-refractivity contribution is 7.19. The number of benzene rings is 1. The van der Waals surface area contributed by atoms with Gasteiger partial charge in [0.25, 0.3) is 0 Å². The minimum atomic E-state index is -1.55. The predicted octanol–water partition coefficient (Wildman–Crippen LogP) is 6.46. The van der Waals surface area contributed by atoms with Crippen molar-refractivity contribution in [2.75, 3.05) is 0 Å². The molecule has 5 atom stereocenters. The maximum atomic E-state index is 5.95. The lowest BCUT2D eigenvalue weighted by atomic mass is 9.82. The molecule has 1 aliphatic carbocycles. The zero-order valence-corrected chi connectivity index (χ0v) is 19.1. The van der Waals surface area contributed by atoms with E-state index in [2.05, 4.69) is 82.9 Å². The van der Waals surface area contributed by atoms with E-state index in [4.69, 9.17) is 6.42 Å². The van der Waals surface area contributed by atoms with Crippen LogP contribution in [0.2, 0.25) is 18.6 Å². The molecular weight excluding hydrogens is 350 g/mol. The molecule has 0 radical (unpaired) electrons. The van der Waals surface area contributed by atoms with Gasteiger partial charge in [-0.2, -0.15) is 0 Å². The van der Waals surface area contributed by atoms with Crippen molar-refractivity contribution < 1.29 is 0 Å². The smallest absolute Gasteiger partial charge is 0.123 e. The van der Waals surface area contributed by atoms with E-state index in [0.717, 1.165) is 10.4 Å². The molecule has 3 heteroatoms. The van der Waals surface area contributed by atoms with Crippen molar-refractivity contribution in [1.29, 1.82) is 0 Å². The molecule has 0 bridgehead atoms. The Morgan fingerprint density at radius 1 is 1.08 bits per heavy atom. The lowest BCUT2D eigenvalue weighted by Gasteiger charge is -2.38. The Morgan fingerprint density at radius 3 is 2.35 bits per heavy atom. The number of hydrogen-bond acceptors (Lipinski definition) is 2. The molecule has 140 valence electrons. The number of terminal acetylenes is 1. The second kappa shape index (κ2) is 7.15. The van der Waals surface area contributed by atoms with Gasteiger partial charge in [-0.25, -0.2) is 0 Å². The summed E-state index contributed by atoms with van der Waals surface area (Å²) in [5, 5.41) is 1.39. The molecule has 1 aliphatic rings. The van der Waals surface area contributed by atoms with Gasteiger partial charge in [-0.3, -0.25) is 0 Å².